The van der Waals surface area contributed by atoms with Crippen LogP contribution in [0, 0.1) is 0 Å². The molecule has 36 heavy (non-hydrogen) atoms. The van der Waals surface area contributed by atoms with Gasteiger partial charge in [-0.25, -0.2) is 15.0 Å². The molecule has 0 saturated heterocycles. The third-order valence-electron chi connectivity index (χ3n) is 7.09. The number of nitrogens with two attached hydrogens (primary N) is 2. The molecule has 1 aliphatic rings. The number of benzene rings is 2. The minimum atomic E-state index is -0.237. The fourth-order valence-corrected chi connectivity index (χ4v) is 4.84. The van der Waals surface area contributed by atoms with Crippen molar-refractivity contribution in [3.63, 3.8) is 0 Å². The molecule has 7 nitrogen and oxygen atoms in total. The van der Waals surface area contributed by atoms with Crippen molar-refractivity contribution >= 4 is 22.8 Å². The average molecular weight is 475 g/mol. The van der Waals surface area contributed by atoms with Crippen LogP contribution >= 0.6 is 0 Å². The second-order valence-electron chi connectivity index (χ2n) is 9.44. The molecule has 1 fully saturated rings. The van der Waals surface area contributed by atoms with Gasteiger partial charge in [0.25, 0.3) is 0 Å². The minimum Gasteiger partial charge on any atom is -0.383 e. The lowest BCUT2D eigenvalue weighted by molar-refractivity contribution is 0.101. The summed E-state index contributed by atoms with van der Waals surface area (Å²) >= 11 is 0. The average Bonchev–Trinajstić information content (AvgIpc) is 3.26. The van der Waals surface area contributed by atoms with Crippen molar-refractivity contribution in [1.29, 1.82) is 0 Å². The van der Waals surface area contributed by atoms with Crippen LogP contribution in [0.5, 0.6) is 0 Å². The molecule has 3 heterocycles. The highest BCUT2D eigenvalue weighted by Gasteiger charge is 2.34. The first kappa shape index (κ1) is 22.1. The molecule has 0 bridgehead atoms. The molecular formula is C29H26N6O. The predicted molar refractivity (Wildman–Crippen MR) is 142 cm³/mol. The van der Waals surface area contributed by atoms with E-state index in [1.54, 1.807) is 13.1 Å². The smallest absolute Gasteiger partial charge is 0.165 e. The summed E-state index contributed by atoms with van der Waals surface area (Å²) in [5.41, 5.74) is 19.1. The highest BCUT2D eigenvalue weighted by atomic mass is 16.1. The fraction of sp³-hybridized carbons (Fsp3) is 0.172. The van der Waals surface area contributed by atoms with E-state index in [0.717, 1.165) is 52.9 Å². The number of carbonyl (C=O) groups excluding carboxylic acids is 1. The number of carbonyl (C=O) groups is 1. The van der Waals surface area contributed by atoms with E-state index in [1.165, 1.54) is 0 Å². The molecule has 2 aromatic carbocycles. The Morgan fingerprint density at radius 1 is 0.972 bits per heavy atom. The van der Waals surface area contributed by atoms with Crippen molar-refractivity contribution in [2.24, 2.45) is 5.73 Å². The standard InChI is InChI=1S/C29H26N6O/c1-18(36)19-5-2-6-20(17-19)24-12-13-25-28(33-24)35(27(34-25)23-7-3-16-32-26(23)30)22-10-8-21(9-11-22)29(31)14-4-15-29/h2-3,5-13,16-17H,4,14-15,31H2,1H3,(H2,30,32). The molecule has 0 aliphatic heterocycles. The summed E-state index contributed by atoms with van der Waals surface area (Å²) in [5.74, 6) is 1.08. The maximum Gasteiger partial charge on any atom is 0.165 e. The third-order valence-corrected chi connectivity index (χ3v) is 7.09. The van der Waals surface area contributed by atoms with E-state index in [4.69, 9.17) is 21.4 Å². The van der Waals surface area contributed by atoms with Gasteiger partial charge in [0, 0.05) is 28.6 Å². The Bertz CT molecular complexity index is 1620. The van der Waals surface area contributed by atoms with Crippen molar-refractivity contribution in [1.82, 2.24) is 19.5 Å². The number of fused-ring (bicyclic) bond motifs is 1. The van der Waals surface area contributed by atoms with E-state index >= 15 is 0 Å². The van der Waals surface area contributed by atoms with Gasteiger partial charge in [-0.3, -0.25) is 9.36 Å². The van der Waals surface area contributed by atoms with Crippen LogP contribution in [0.4, 0.5) is 5.82 Å². The van der Waals surface area contributed by atoms with Crippen LogP contribution in [0.3, 0.4) is 0 Å². The number of ketones is 1. The summed E-state index contributed by atoms with van der Waals surface area (Å²) in [4.78, 5) is 26.1. The quantitative estimate of drug-likeness (QED) is 0.336. The van der Waals surface area contributed by atoms with Crippen LogP contribution in [0.1, 0.15) is 42.1 Å². The number of nitrogen functional groups attached to an aromatic ring is 1. The second kappa shape index (κ2) is 8.39. The number of hydrogen-bond acceptors (Lipinski definition) is 6. The van der Waals surface area contributed by atoms with E-state index in [0.29, 0.717) is 22.9 Å². The second-order valence-corrected chi connectivity index (χ2v) is 9.44. The highest BCUT2D eigenvalue weighted by molar-refractivity contribution is 5.95. The van der Waals surface area contributed by atoms with Gasteiger partial charge in [-0.05, 0) is 74.2 Å². The number of nitrogens with zero attached hydrogens (tertiary/aromatic N) is 4. The monoisotopic (exact) mass is 474 g/mol. The molecule has 0 atom stereocenters. The van der Waals surface area contributed by atoms with E-state index < -0.39 is 0 Å². The lowest BCUT2D eigenvalue weighted by atomic mass is 9.73. The molecule has 0 unspecified atom stereocenters. The Morgan fingerprint density at radius 2 is 1.78 bits per heavy atom. The molecule has 5 aromatic rings. The largest absolute Gasteiger partial charge is 0.383 e. The van der Waals surface area contributed by atoms with Crippen molar-refractivity contribution in [3.05, 3.63) is 90.1 Å². The van der Waals surface area contributed by atoms with Crippen LogP contribution in [0.15, 0.2) is 79.0 Å². The van der Waals surface area contributed by atoms with E-state index in [-0.39, 0.29) is 11.3 Å². The lowest BCUT2D eigenvalue weighted by Gasteiger charge is -2.38. The zero-order valence-electron chi connectivity index (χ0n) is 20.0. The Morgan fingerprint density at radius 3 is 2.47 bits per heavy atom. The van der Waals surface area contributed by atoms with Crippen LogP contribution < -0.4 is 11.5 Å². The van der Waals surface area contributed by atoms with Gasteiger partial charge in [-0.15, -0.1) is 0 Å². The van der Waals surface area contributed by atoms with Gasteiger partial charge in [-0.2, -0.15) is 0 Å². The molecule has 7 heteroatoms. The Hall–Kier alpha value is -4.36. The van der Waals surface area contributed by atoms with Gasteiger partial charge in [0.2, 0.25) is 0 Å². The summed E-state index contributed by atoms with van der Waals surface area (Å²) in [6.07, 6.45) is 4.83. The number of pyridine rings is 2. The number of hydrogen-bond donors (Lipinski definition) is 2. The number of aromatic nitrogens is 4. The molecule has 1 saturated carbocycles. The Labute approximate surface area is 208 Å². The van der Waals surface area contributed by atoms with E-state index in [9.17, 15) is 4.79 Å². The minimum absolute atomic E-state index is 0.0153. The van der Waals surface area contributed by atoms with Gasteiger partial charge in [-0.1, -0.05) is 30.3 Å². The molecule has 4 N–H and O–H groups in total. The summed E-state index contributed by atoms with van der Waals surface area (Å²) in [5, 5.41) is 0. The molecule has 3 aromatic heterocycles. The number of imidazole rings is 1. The van der Waals surface area contributed by atoms with Crippen LogP contribution in [-0.4, -0.2) is 25.3 Å². The molecule has 0 radical (unpaired) electrons. The first-order valence-electron chi connectivity index (χ1n) is 12.0. The van der Waals surface area contributed by atoms with Crippen molar-refractivity contribution in [2.45, 2.75) is 31.7 Å². The van der Waals surface area contributed by atoms with Gasteiger partial charge in [0.05, 0.1) is 11.3 Å². The lowest BCUT2D eigenvalue weighted by Crippen LogP contribution is -2.43. The van der Waals surface area contributed by atoms with Crippen molar-refractivity contribution in [3.8, 4) is 28.3 Å². The zero-order valence-corrected chi connectivity index (χ0v) is 20.0. The zero-order chi connectivity index (χ0) is 24.9. The van der Waals surface area contributed by atoms with Gasteiger partial charge < -0.3 is 11.5 Å². The number of Topliss-reactive ketones (excluding diaryl/α,β-unsaturated/α-hetero) is 1. The summed E-state index contributed by atoms with van der Waals surface area (Å²) in [6, 6.07) is 23.4. The maximum atomic E-state index is 11.9. The molecule has 6 rings (SSSR count). The topological polar surface area (TPSA) is 113 Å². The maximum absolute atomic E-state index is 11.9. The molecule has 178 valence electrons. The van der Waals surface area contributed by atoms with Crippen molar-refractivity contribution < 1.29 is 4.79 Å². The fourth-order valence-electron chi connectivity index (χ4n) is 4.84. The number of rotatable bonds is 5. The summed E-state index contributed by atoms with van der Waals surface area (Å²) in [7, 11) is 0. The van der Waals surface area contributed by atoms with Crippen molar-refractivity contribution in [2.75, 3.05) is 5.73 Å². The van der Waals surface area contributed by atoms with Crippen LogP contribution in [0.25, 0.3) is 39.5 Å². The molecule has 0 amide bonds. The molecule has 1 aliphatic carbocycles. The Balaban J connectivity index is 1.55. The molecule has 0 spiro atoms. The van der Waals surface area contributed by atoms with Crippen LogP contribution in [-0.2, 0) is 5.54 Å². The Kier molecular flexibility index (Phi) is 5.16. The van der Waals surface area contributed by atoms with Gasteiger partial charge >= 0.3 is 0 Å². The SMILES string of the molecule is CC(=O)c1cccc(-c2ccc3nc(-c4cccnc4N)n(-c4ccc(C5(N)CCC5)cc4)c3n2)c1. The predicted octanol–water partition coefficient (Wildman–Crippen LogP) is 5.27. The molecular weight excluding hydrogens is 448 g/mol. The highest BCUT2D eigenvalue weighted by Crippen LogP contribution is 2.39. The van der Waals surface area contributed by atoms with E-state index in [2.05, 4.69) is 29.2 Å². The summed E-state index contributed by atoms with van der Waals surface area (Å²) < 4.78 is 2.01. The summed E-state index contributed by atoms with van der Waals surface area (Å²) in [6.45, 7) is 1.56. The van der Waals surface area contributed by atoms with Crippen LogP contribution in [0.2, 0.25) is 0 Å². The first-order chi connectivity index (χ1) is 17.4. The normalized spacial score (nSPS) is 14.5. The van der Waals surface area contributed by atoms with Gasteiger partial charge in [0.15, 0.2) is 17.3 Å². The van der Waals surface area contributed by atoms with E-state index in [1.807, 2.05) is 53.1 Å². The van der Waals surface area contributed by atoms with Gasteiger partial charge in [0.1, 0.15) is 11.3 Å². The number of anilines is 1. The third kappa shape index (κ3) is 3.65. The first-order valence-corrected chi connectivity index (χ1v) is 12.0.